The van der Waals surface area contributed by atoms with E-state index in [0.717, 1.165) is 17.2 Å². The Bertz CT molecular complexity index is 434. The maximum atomic E-state index is 4.25. The predicted octanol–water partition coefficient (Wildman–Crippen LogP) is 1.56. The van der Waals surface area contributed by atoms with Crippen LogP contribution in [0.4, 0.5) is 11.6 Å². The van der Waals surface area contributed by atoms with Crippen LogP contribution >= 0.6 is 0 Å². The van der Waals surface area contributed by atoms with Crippen molar-refractivity contribution in [3.63, 3.8) is 0 Å². The molecule has 2 rings (SSSR count). The minimum absolute atomic E-state index is 0.705. The number of H-pyrrole nitrogens is 1. The Morgan fingerprint density at radius 3 is 2.71 bits per heavy atom. The first-order valence-electron chi connectivity index (χ1n) is 4.32. The van der Waals surface area contributed by atoms with Gasteiger partial charge in [-0.2, -0.15) is 5.10 Å². The van der Waals surface area contributed by atoms with Gasteiger partial charge in [-0.3, -0.25) is 10.1 Å². The van der Waals surface area contributed by atoms with Crippen LogP contribution in [0.15, 0.2) is 18.5 Å². The number of hydrogen-bond donors (Lipinski definition) is 2. The van der Waals surface area contributed by atoms with Crippen LogP contribution in [0.2, 0.25) is 0 Å². The van der Waals surface area contributed by atoms with Gasteiger partial charge in [-0.15, -0.1) is 0 Å². The molecule has 0 saturated carbocycles. The van der Waals surface area contributed by atoms with Crippen LogP contribution in [0.25, 0.3) is 0 Å². The zero-order valence-electron chi connectivity index (χ0n) is 8.07. The lowest BCUT2D eigenvalue weighted by molar-refractivity contribution is 1.04. The third-order valence-electron chi connectivity index (χ3n) is 1.72. The molecule has 0 atom stereocenters. The number of hydrogen-bond acceptors (Lipinski definition) is 4. The van der Waals surface area contributed by atoms with E-state index >= 15 is 0 Å². The van der Waals surface area contributed by atoms with Crippen molar-refractivity contribution in [2.24, 2.45) is 0 Å². The Labute approximate surface area is 81.6 Å². The molecule has 5 heteroatoms. The fourth-order valence-corrected chi connectivity index (χ4v) is 1.14. The highest BCUT2D eigenvalue weighted by molar-refractivity contribution is 5.50. The van der Waals surface area contributed by atoms with Gasteiger partial charge in [0.25, 0.3) is 0 Å². The fraction of sp³-hybridized carbons (Fsp3) is 0.222. The van der Waals surface area contributed by atoms with Gasteiger partial charge in [0.2, 0.25) is 0 Å². The second kappa shape index (κ2) is 3.45. The summed E-state index contributed by atoms with van der Waals surface area (Å²) in [6.07, 6.45) is 3.37. The summed E-state index contributed by atoms with van der Waals surface area (Å²) in [5.41, 5.74) is 1.88. The smallest absolute Gasteiger partial charge is 0.153 e. The molecule has 2 aromatic heterocycles. The summed E-state index contributed by atoms with van der Waals surface area (Å²) in [5.74, 6) is 1.46. The average Bonchev–Trinajstić information content (AvgIpc) is 2.51. The Balaban J connectivity index is 2.18. The molecular weight excluding hydrogens is 178 g/mol. The number of nitrogens with zero attached hydrogens (tertiary/aromatic N) is 3. The van der Waals surface area contributed by atoms with Gasteiger partial charge in [-0.1, -0.05) is 0 Å². The van der Waals surface area contributed by atoms with Gasteiger partial charge in [0, 0.05) is 18.0 Å². The Morgan fingerprint density at radius 1 is 1.21 bits per heavy atom. The lowest BCUT2D eigenvalue weighted by atomic mass is 10.4. The molecule has 0 aliphatic heterocycles. The van der Waals surface area contributed by atoms with Crippen LogP contribution in [-0.4, -0.2) is 20.2 Å². The molecule has 2 N–H and O–H groups in total. The minimum Gasteiger partial charge on any atom is -0.322 e. The molecule has 0 aliphatic carbocycles. The molecule has 0 amide bonds. The highest BCUT2D eigenvalue weighted by Crippen LogP contribution is 2.11. The Kier molecular flexibility index (Phi) is 2.14. The van der Waals surface area contributed by atoms with Crippen LogP contribution in [0.3, 0.4) is 0 Å². The molecule has 5 nitrogen and oxygen atoms in total. The van der Waals surface area contributed by atoms with Crippen molar-refractivity contribution >= 4 is 11.6 Å². The first-order chi connectivity index (χ1) is 6.74. The molecule has 0 saturated heterocycles. The summed E-state index contributed by atoms with van der Waals surface area (Å²) in [4.78, 5) is 8.27. The SMILES string of the molecule is Cc1cncc(Nc2cc(C)[nH]n2)n1. The zero-order valence-corrected chi connectivity index (χ0v) is 8.07. The second-order valence-electron chi connectivity index (χ2n) is 3.11. The molecular formula is C9H11N5. The Hall–Kier alpha value is -1.91. The summed E-state index contributed by atoms with van der Waals surface area (Å²) in [7, 11) is 0. The summed E-state index contributed by atoms with van der Waals surface area (Å²) in [6, 6.07) is 1.91. The van der Waals surface area contributed by atoms with Crippen molar-refractivity contribution < 1.29 is 0 Å². The third-order valence-corrected chi connectivity index (χ3v) is 1.72. The fourth-order valence-electron chi connectivity index (χ4n) is 1.14. The van der Waals surface area contributed by atoms with E-state index < -0.39 is 0 Å². The lowest BCUT2D eigenvalue weighted by Crippen LogP contribution is -1.95. The summed E-state index contributed by atoms with van der Waals surface area (Å²) >= 11 is 0. The maximum absolute atomic E-state index is 4.25. The van der Waals surface area contributed by atoms with Crippen molar-refractivity contribution in [1.29, 1.82) is 0 Å². The zero-order chi connectivity index (χ0) is 9.97. The number of anilines is 2. The number of nitrogens with one attached hydrogen (secondary N) is 2. The minimum atomic E-state index is 0.705. The van der Waals surface area contributed by atoms with Crippen molar-refractivity contribution in [3.8, 4) is 0 Å². The Morgan fingerprint density at radius 2 is 2.07 bits per heavy atom. The second-order valence-corrected chi connectivity index (χ2v) is 3.11. The molecule has 2 aromatic rings. The molecule has 0 fully saturated rings. The highest BCUT2D eigenvalue weighted by atomic mass is 15.2. The van der Waals surface area contributed by atoms with Crippen LogP contribution in [0.5, 0.6) is 0 Å². The maximum Gasteiger partial charge on any atom is 0.153 e. The molecule has 0 aliphatic rings. The summed E-state index contributed by atoms with van der Waals surface area (Å²) in [5, 5.41) is 9.93. The van der Waals surface area contributed by atoms with Crippen LogP contribution in [-0.2, 0) is 0 Å². The highest BCUT2D eigenvalue weighted by Gasteiger charge is 1.99. The van der Waals surface area contributed by atoms with Gasteiger partial charge in [-0.25, -0.2) is 4.98 Å². The van der Waals surface area contributed by atoms with Crippen molar-refractivity contribution in [2.45, 2.75) is 13.8 Å². The van der Waals surface area contributed by atoms with Gasteiger partial charge in [0.15, 0.2) is 5.82 Å². The van der Waals surface area contributed by atoms with Crippen LogP contribution in [0.1, 0.15) is 11.4 Å². The van der Waals surface area contributed by atoms with Gasteiger partial charge in [-0.05, 0) is 13.8 Å². The quantitative estimate of drug-likeness (QED) is 0.752. The van der Waals surface area contributed by atoms with Crippen LogP contribution in [0, 0.1) is 13.8 Å². The first kappa shape index (κ1) is 8.68. The topological polar surface area (TPSA) is 66.5 Å². The van der Waals surface area contributed by atoms with E-state index in [9.17, 15) is 0 Å². The monoisotopic (exact) mass is 189 g/mol. The molecule has 0 spiro atoms. The van der Waals surface area contributed by atoms with Gasteiger partial charge in [0.05, 0.1) is 11.9 Å². The van der Waals surface area contributed by atoms with Gasteiger partial charge < -0.3 is 5.32 Å². The molecule has 0 radical (unpaired) electrons. The molecule has 2 heterocycles. The van der Waals surface area contributed by atoms with Crippen molar-refractivity contribution in [3.05, 3.63) is 29.8 Å². The molecule has 14 heavy (non-hydrogen) atoms. The van der Waals surface area contributed by atoms with E-state index in [1.165, 1.54) is 0 Å². The standard InChI is InChI=1S/C9H11N5/c1-6-3-8(14-13-6)12-9-5-10-4-7(2)11-9/h3-5H,1-2H3,(H2,11,12,13,14). The summed E-state index contributed by atoms with van der Waals surface area (Å²) < 4.78 is 0. The largest absolute Gasteiger partial charge is 0.322 e. The van der Waals surface area contributed by atoms with E-state index in [4.69, 9.17) is 0 Å². The van der Waals surface area contributed by atoms with E-state index in [2.05, 4.69) is 25.5 Å². The van der Waals surface area contributed by atoms with Crippen molar-refractivity contribution in [2.75, 3.05) is 5.32 Å². The van der Waals surface area contributed by atoms with Crippen molar-refractivity contribution in [1.82, 2.24) is 20.2 Å². The number of aromatic amines is 1. The first-order valence-corrected chi connectivity index (χ1v) is 4.32. The lowest BCUT2D eigenvalue weighted by Gasteiger charge is -2.00. The molecule has 0 unspecified atom stereocenters. The van der Waals surface area contributed by atoms with E-state index in [-0.39, 0.29) is 0 Å². The number of aryl methyl sites for hydroxylation is 2. The summed E-state index contributed by atoms with van der Waals surface area (Å²) in [6.45, 7) is 3.84. The number of rotatable bonds is 2. The molecule has 0 aromatic carbocycles. The van der Waals surface area contributed by atoms with E-state index in [1.54, 1.807) is 12.4 Å². The van der Waals surface area contributed by atoms with Gasteiger partial charge >= 0.3 is 0 Å². The van der Waals surface area contributed by atoms with Crippen LogP contribution < -0.4 is 5.32 Å². The number of aromatic nitrogens is 4. The molecule has 72 valence electrons. The normalized spacial score (nSPS) is 10.1. The predicted molar refractivity (Wildman–Crippen MR) is 53.4 cm³/mol. The van der Waals surface area contributed by atoms with Gasteiger partial charge in [0.1, 0.15) is 5.82 Å². The van der Waals surface area contributed by atoms with E-state index in [1.807, 2.05) is 19.9 Å². The van der Waals surface area contributed by atoms with E-state index in [0.29, 0.717) is 5.82 Å². The molecule has 0 bridgehead atoms. The third kappa shape index (κ3) is 1.87. The average molecular weight is 189 g/mol.